The van der Waals surface area contributed by atoms with Crippen LogP contribution in [0.3, 0.4) is 0 Å². The number of hydrogen-bond donors (Lipinski definition) is 2. The number of nitrogens with two attached hydrogens (primary N) is 1. The van der Waals surface area contributed by atoms with Crippen molar-refractivity contribution in [2.45, 2.75) is 32.7 Å². The summed E-state index contributed by atoms with van der Waals surface area (Å²) in [4.78, 5) is 0. The van der Waals surface area contributed by atoms with Gasteiger partial charge in [-0.3, -0.25) is 0 Å². The van der Waals surface area contributed by atoms with Crippen molar-refractivity contribution in [1.82, 2.24) is 10.4 Å². The Bertz CT molecular complexity index is 230. The molecule has 0 atom stereocenters. The van der Waals surface area contributed by atoms with Crippen molar-refractivity contribution in [3.63, 3.8) is 0 Å². The summed E-state index contributed by atoms with van der Waals surface area (Å²) in [6.07, 6.45) is 2.11. The summed E-state index contributed by atoms with van der Waals surface area (Å²) in [5.41, 5.74) is 5.96. The van der Waals surface area contributed by atoms with E-state index in [1.807, 2.05) is 13.8 Å². The van der Waals surface area contributed by atoms with Gasteiger partial charge in [0.05, 0.1) is 6.04 Å². The average molecular weight is 211 g/mol. The van der Waals surface area contributed by atoms with Crippen molar-refractivity contribution in [2.75, 3.05) is 13.1 Å². The molecule has 15 heavy (non-hydrogen) atoms. The molecule has 1 saturated heterocycles. The summed E-state index contributed by atoms with van der Waals surface area (Å²) in [6, 6.07) is 0.197. The molecule has 0 unspecified atom stereocenters. The summed E-state index contributed by atoms with van der Waals surface area (Å²) in [5, 5.41) is 13.0. The van der Waals surface area contributed by atoms with Crippen LogP contribution in [0, 0.1) is 5.92 Å². The van der Waals surface area contributed by atoms with Crippen LogP contribution in [0.5, 0.6) is 0 Å². The standard InChI is InChI=1S/C10H21N5/c1-8(2)15(12-3)14-10(11)9-4-6-13-7-5-9/h8-9,13H,3-7H2,1-2H3,(H2,11,14). The highest BCUT2D eigenvalue weighted by Gasteiger charge is 2.18. The summed E-state index contributed by atoms with van der Waals surface area (Å²) in [7, 11) is 0. The van der Waals surface area contributed by atoms with E-state index in [1.54, 1.807) is 5.12 Å². The summed E-state index contributed by atoms with van der Waals surface area (Å²) in [6.45, 7) is 9.53. The molecule has 0 saturated carbocycles. The van der Waals surface area contributed by atoms with Crippen LogP contribution in [0.4, 0.5) is 0 Å². The maximum atomic E-state index is 5.96. The maximum absolute atomic E-state index is 5.96. The Hall–Kier alpha value is -1.10. The molecule has 5 heteroatoms. The van der Waals surface area contributed by atoms with E-state index in [1.165, 1.54) is 0 Å². The second kappa shape index (κ2) is 5.70. The summed E-state index contributed by atoms with van der Waals surface area (Å²) in [5.74, 6) is 1.06. The quantitative estimate of drug-likeness (QED) is 0.406. The minimum atomic E-state index is 0.197. The van der Waals surface area contributed by atoms with Crippen LogP contribution in [-0.2, 0) is 0 Å². The molecule has 0 radical (unpaired) electrons. The third-order valence-corrected chi connectivity index (χ3v) is 2.58. The number of rotatable bonds is 4. The number of hydrazone groups is 2. The SMILES string of the molecule is C=NN(N=C(N)C1CCNCC1)C(C)C. The van der Waals surface area contributed by atoms with E-state index in [2.05, 4.69) is 22.2 Å². The smallest absolute Gasteiger partial charge is 0.125 e. The molecule has 0 bridgehead atoms. The van der Waals surface area contributed by atoms with Gasteiger partial charge in [0.15, 0.2) is 0 Å². The fourth-order valence-corrected chi connectivity index (χ4v) is 1.63. The zero-order valence-electron chi connectivity index (χ0n) is 9.61. The predicted molar refractivity (Wildman–Crippen MR) is 63.7 cm³/mol. The minimum Gasteiger partial charge on any atom is -0.385 e. The minimum absolute atomic E-state index is 0.197. The Kier molecular flexibility index (Phi) is 4.55. The van der Waals surface area contributed by atoms with Crippen molar-refractivity contribution in [1.29, 1.82) is 0 Å². The average Bonchev–Trinajstić information content (AvgIpc) is 2.26. The Morgan fingerprint density at radius 1 is 1.47 bits per heavy atom. The van der Waals surface area contributed by atoms with E-state index < -0.39 is 0 Å². The molecule has 0 aliphatic carbocycles. The van der Waals surface area contributed by atoms with Gasteiger partial charge in [-0.25, -0.2) is 0 Å². The second-order valence-electron chi connectivity index (χ2n) is 4.10. The molecule has 0 amide bonds. The van der Waals surface area contributed by atoms with Gasteiger partial charge in [0.1, 0.15) is 5.84 Å². The zero-order valence-corrected chi connectivity index (χ0v) is 9.61. The molecule has 0 aromatic carbocycles. The molecule has 1 aliphatic heterocycles. The van der Waals surface area contributed by atoms with Crippen LogP contribution in [0.2, 0.25) is 0 Å². The van der Waals surface area contributed by atoms with Crippen molar-refractivity contribution < 1.29 is 0 Å². The molecule has 1 heterocycles. The van der Waals surface area contributed by atoms with Gasteiger partial charge in [-0.1, -0.05) is 0 Å². The molecule has 86 valence electrons. The van der Waals surface area contributed by atoms with Gasteiger partial charge in [0.2, 0.25) is 0 Å². The van der Waals surface area contributed by atoms with Crippen molar-refractivity contribution in [3.8, 4) is 0 Å². The normalized spacial score (nSPS) is 19.3. The van der Waals surface area contributed by atoms with Crippen LogP contribution < -0.4 is 11.1 Å². The number of hydrogen-bond acceptors (Lipinski definition) is 4. The number of nitrogens with one attached hydrogen (secondary N) is 1. The van der Waals surface area contributed by atoms with Gasteiger partial charge in [-0.05, 0) is 39.8 Å². The first kappa shape index (κ1) is 12.0. The molecule has 1 rings (SSSR count). The van der Waals surface area contributed by atoms with Gasteiger partial charge in [0.25, 0.3) is 0 Å². The number of amidine groups is 1. The van der Waals surface area contributed by atoms with E-state index in [-0.39, 0.29) is 6.04 Å². The lowest BCUT2D eigenvalue weighted by Crippen LogP contribution is -2.37. The molecule has 1 aliphatic rings. The fourth-order valence-electron chi connectivity index (χ4n) is 1.63. The largest absolute Gasteiger partial charge is 0.385 e. The lowest BCUT2D eigenvalue weighted by Gasteiger charge is -2.24. The molecule has 0 spiro atoms. The monoisotopic (exact) mass is 211 g/mol. The predicted octanol–water partition coefficient (Wildman–Crippen LogP) is 0.584. The van der Waals surface area contributed by atoms with E-state index in [0.717, 1.165) is 25.9 Å². The van der Waals surface area contributed by atoms with Crippen molar-refractivity contribution in [2.24, 2.45) is 21.9 Å². The second-order valence-corrected chi connectivity index (χ2v) is 4.10. The van der Waals surface area contributed by atoms with E-state index in [0.29, 0.717) is 11.8 Å². The lowest BCUT2D eigenvalue weighted by molar-refractivity contribution is 0.243. The van der Waals surface area contributed by atoms with Crippen LogP contribution in [0.15, 0.2) is 10.2 Å². The van der Waals surface area contributed by atoms with E-state index >= 15 is 0 Å². The first-order valence-corrected chi connectivity index (χ1v) is 5.45. The van der Waals surface area contributed by atoms with Crippen LogP contribution in [-0.4, -0.2) is 36.8 Å². The molecular formula is C10H21N5. The van der Waals surface area contributed by atoms with Crippen molar-refractivity contribution >= 4 is 12.6 Å². The maximum Gasteiger partial charge on any atom is 0.125 e. The molecule has 0 aromatic heterocycles. The van der Waals surface area contributed by atoms with Gasteiger partial charge in [-0.15, -0.1) is 5.10 Å². The summed E-state index contributed by atoms with van der Waals surface area (Å²) < 4.78 is 0. The molecule has 1 fully saturated rings. The topological polar surface area (TPSA) is 66.0 Å². The van der Waals surface area contributed by atoms with Crippen molar-refractivity contribution in [3.05, 3.63) is 0 Å². The van der Waals surface area contributed by atoms with Gasteiger partial charge >= 0.3 is 0 Å². The van der Waals surface area contributed by atoms with Crippen LogP contribution in [0.1, 0.15) is 26.7 Å². The Morgan fingerprint density at radius 2 is 2.07 bits per heavy atom. The van der Waals surface area contributed by atoms with Gasteiger partial charge in [-0.2, -0.15) is 10.2 Å². The van der Waals surface area contributed by atoms with Gasteiger partial charge in [0, 0.05) is 12.6 Å². The highest BCUT2D eigenvalue weighted by Crippen LogP contribution is 2.12. The Balaban J connectivity index is 2.59. The molecular weight excluding hydrogens is 190 g/mol. The van der Waals surface area contributed by atoms with E-state index in [9.17, 15) is 0 Å². The third-order valence-electron chi connectivity index (χ3n) is 2.58. The van der Waals surface area contributed by atoms with Gasteiger partial charge < -0.3 is 11.1 Å². The molecule has 5 nitrogen and oxygen atoms in total. The third kappa shape index (κ3) is 3.51. The lowest BCUT2D eigenvalue weighted by atomic mass is 9.97. The first-order valence-electron chi connectivity index (χ1n) is 5.45. The molecule has 3 N–H and O–H groups in total. The molecule has 0 aromatic rings. The highest BCUT2D eigenvalue weighted by atomic mass is 15.7. The van der Waals surface area contributed by atoms with Crippen LogP contribution >= 0.6 is 0 Å². The number of nitrogens with zero attached hydrogens (tertiary/aromatic N) is 3. The zero-order chi connectivity index (χ0) is 11.3. The summed E-state index contributed by atoms with van der Waals surface area (Å²) >= 11 is 0. The fraction of sp³-hybridized carbons (Fsp3) is 0.800. The Labute approximate surface area is 91.4 Å². The van der Waals surface area contributed by atoms with Crippen LogP contribution in [0.25, 0.3) is 0 Å². The number of piperidine rings is 1. The Morgan fingerprint density at radius 3 is 2.53 bits per heavy atom. The highest BCUT2D eigenvalue weighted by molar-refractivity contribution is 5.82. The van der Waals surface area contributed by atoms with E-state index in [4.69, 9.17) is 5.73 Å². The first-order chi connectivity index (χ1) is 7.15.